The van der Waals surface area contributed by atoms with E-state index in [2.05, 4.69) is 10.4 Å². The Morgan fingerprint density at radius 2 is 2.00 bits per heavy atom. The van der Waals surface area contributed by atoms with Crippen LogP contribution in [0, 0.1) is 5.92 Å². The molecule has 2 aromatic carbocycles. The summed E-state index contributed by atoms with van der Waals surface area (Å²) in [6, 6.07) is 13.9. The summed E-state index contributed by atoms with van der Waals surface area (Å²) in [6.07, 6.45) is 5.39. The fraction of sp³-hybridized carbons (Fsp3) is 0.304. The average molecular weight is 473 g/mol. The summed E-state index contributed by atoms with van der Waals surface area (Å²) < 4.78 is 29.5. The van der Waals surface area contributed by atoms with Crippen LogP contribution in [0.2, 0.25) is 5.02 Å². The number of nitrogens with zero attached hydrogens (tertiary/aromatic N) is 3. The van der Waals surface area contributed by atoms with Crippen molar-refractivity contribution in [3.05, 3.63) is 77.1 Å². The van der Waals surface area contributed by atoms with Crippen LogP contribution in [-0.2, 0) is 16.6 Å². The first-order chi connectivity index (χ1) is 15.3. The van der Waals surface area contributed by atoms with Crippen molar-refractivity contribution in [1.29, 1.82) is 0 Å². The molecule has 2 heterocycles. The van der Waals surface area contributed by atoms with E-state index in [1.54, 1.807) is 10.9 Å². The predicted octanol–water partition coefficient (Wildman–Crippen LogP) is 3.88. The molecule has 32 heavy (non-hydrogen) atoms. The molecule has 1 atom stereocenters. The maximum Gasteiger partial charge on any atom is 0.251 e. The normalized spacial score (nSPS) is 17.2. The number of hydrogen-bond donors (Lipinski definition) is 1. The lowest BCUT2D eigenvalue weighted by molar-refractivity contribution is 0.0950. The summed E-state index contributed by atoms with van der Waals surface area (Å²) in [5.74, 6) is -0.0650. The minimum Gasteiger partial charge on any atom is -0.348 e. The van der Waals surface area contributed by atoms with Gasteiger partial charge in [-0.25, -0.2) is 13.1 Å². The monoisotopic (exact) mass is 472 g/mol. The second-order valence-corrected chi connectivity index (χ2v) is 10.4. The van der Waals surface area contributed by atoms with Gasteiger partial charge in [0.25, 0.3) is 5.91 Å². The Balaban J connectivity index is 1.46. The molecular formula is C23H25ClN4O3S. The first-order valence-electron chi connectivity index (χ1n) is 10.5. The van der Waals surface area contributed by atoms with Gasteiger partial charge in [0, 0.05) is 37.6 Å². The van der Waals surface area contributed by atoms with Gasteiger partial charge in [-0.05, 0) is 60.7 Å². The quantitative estimate of drug-likeness (QED) is 0.590. The zero-order valence-electron chi connectivity index (χ0n) is 17.7. The van der Waals surface area contributed by atoms with Gasteiger partial charge in [-0.15, -0.1) is 0 Å². The van der Waals surface area contributed by atoms with Crippen LogP contribution in [0.15, 0.2) is 65.8 Å². The highest BCUT2D eigenvalue weighted by molar-refractivity contribution is 7.89. The minimum atomic E-state index is -3.76. The molecule has 1 saturated heterocycles. The van der Waals surface area contributed by atoms with Gasteiger partial charge in [0.1, 0.15) is 4.90 Å². The van der Waals surface area contributed by atoms with Crippen molar-refractivity contribution in [2.45, 2.75) is 31.2 Å². The predicted molar refractivity (Wildman–Crippen MR) is 123 cm³/mol. The highest BCUT2D eigenvalue weighted by Gasteiger charge is 2.30. The van der Waals surface area contributed by atoms with E-state index in [1.807, 2.05) is 43.5 Å². The number of sulfonamides is 1. The van der Waals surface area contributed by atoms with E-state index in [-0.39, 0.29) is 21.4 Å². The number of aromatic nitrogens is 2. The van der Waals surface area contributed by atoms with E-state index >= 15 is 0 Å². The highest BCUT2D eigenvalue weighted by Crippen LogP contribution is 2.29. The molecule has 0 radical (unpaired) electrons. The molecule has 1 N–H and O–H groups in total. The average Bonchev–Trinajstić information content (AvgIpc) is 3.33. The van der Waals surface area contributed by atoms with Crippen molar-refractivity contribution in [1.82, 2.24) is 19.4 Å². The van der Waals surface area contributed by atoms with Crippen molar-refractivity contribution < 1.29 is 13.2 Å². The minimum absolute atomic E-state index is 0.0236. The van der Waals surface area contributed by atoms with Gasteiger partial charge in [-0.3, -0.25) is 4.79 Å². The Morgan fingerprint density at radius 1 is 1.22 bits per heavy atom. The third-order valence-electron chi connectivity index (χ3n) is 5.59. The molecule has 168 valence electrons. The Hall–Kier alpha value is -2.68. The first kappa shape index (κ1) is 22.5. The molecule has 0 spiro atoms. The van der Waals surface area contributed by atoms with Crippen molar-refractivity contribution in [2.75, 3.05) is 13.1 Å². The van der Waals surface area contributed by atoms with Gasteiger partial charge in [-0.1, -0.05) is 30.7 Å². The standard InChI is InChI=1S/C23H25ClN4O3S/c1-17-4-2-12-27(16-17)32(30,31)22-14-19(7-10-21(22)24)23(29)25-15-18-5-8-20(9-6-18)28-13-3-11-26-28/h3,5-11,13-14,17H,2,4,12,15-16H2,1H3,(H,25,29). The zero-order valence-corrected chi connectivity index (χ0v) is 19.3. The summed E-state index contributed by atoms with van der Waals surface area (Å²) in [4.78, 5) is 12.7. The van der Waals surface area contributed by atoms with Crippen LogP contribution in [-0.4, -0.2) is 41.5 Å². The van der Waals surface area contributed by atoms with Crippen molar-refractivity contribution in [2.24, 2.45) is 5.92 Å². The Morgan fingerprint density at radius 3 is 2.69 bits per heavy atom. The lowest BCUT2D eigenvalue weighted by Crippen LogP contribution is -2.39. The largest absolute Gasteiger partial charge is 0.348 e. The number of nitrogens with one attached hydrogen (secondary N) is 1. The van der Waals surface area contributed by atoms with E-state index in [0.717, 1.165) is 24.1 Å². The Bertz CT molecular complexity index is 1190. The summed E-state index contributed by atoms with van der Waals surface area (Å²) in [6.45, 7) is 3.28. The molecule has 1 unspecified atom stereocenters. The first-order valence-corrected chi connectivity index (χ1v) is 12.3. The molecule has 9 heteroatoms. The zero-order chi connectivity index (χ0) is 22.7. The van der Waals surface area contributed by atoms with Gasteiger partial charge in [-0.2, -0.15) is 9.40 Å². The number of amides is 1. The van der Waals surface area contributed by atoms with Crippen LogP contribution in [0.1, 0.15) is 35.7 Å². The van der Waals surface area contributed by atoms with E-state index in [4.69, 9.17) is 11.6 Å². The topological polar surface area (TPSA) is 84.3 Å². The number of rotatable bonds is 6. The van der Waals surface area contributed by atoms with Gasteiger partial charge in [0.15, 0.2) is 0 Å². The lowest BCUT2D eigenvalue weighted by Gasteiger charge is -2.30. The van der Waals surface area contributed by atoms with E-state index in [1.165, 1.54) is 22.5 Å². The molecule has 3 aromatic rings. The molecule has 0 aliphatic carbocycles. The fourth-order valence-electron chi connectivity index (χ4n) is 3.82. The van der Waals surface area contributed by atoms with Crippen LogP contribution < -0.4 is 5.32 Å². The van der Waals surface area contributed by atoms with Crippen molar-refractivity contribution >= 4 is 27.5 Å². The van der Waals surface area contributed by atoms with Crippen LogP contribution in [0.4, 0.5) is 0 Å². The lowest BCUT2D eigenvalue weighted by atomic mass is 10.0. The number of benzene rings is 2. The van der Waals surface area contributed by atoms with E-state index in [9.17, 15) is 13.2 Å². The van der Waals surface area contributed by atoms with Gasteiger partial charge < -0.3 is 5.32 Å². The number of hydrogen-bond acceptors (Lipinski definition) is 4. The third kappa shape index (κ3) is 4.87. The number of halogens is 1. The maximum atomic E-state index is 13.1. The second-order valence-electron chi connectivity index (χ2n) is 8.06. The summed E-state index contributed by atoms with van der Waals surface area (Å²) in [5, 5.41) is 7.15. The number of piperidine rings is 1. The molecule has 0 saturated carbocycles. The SMILES string of the molecule is CC1CCCN(S(=O)(=O)c2cc(C(=O)NCc3ccc(-n4cccn4)cc3)ccc2Cl)C1. The van der Waals surface area contributed by atoms with E-state index < -0.39 is 10.0 Å². The smallest absolute Gasteiger partial charge is 0.251 e. The molecule has 1 amide bonds. The second kappa shape index (κ2) is 9.44. The van der Waals surface area contributed by atoms with E-state index in [0.29, 0.717) is 25.6 Å². The molecule has 1 aromatic heterocycles. The van der Waals surface area contributed by atoms with Crippen molar-refractivity contribution in [3.8, 4) is 5.69 Å². The van der Waals surface area contributed by atoms with Gasteiger partial charge in [0.05, 0.1) is 10.7 Å². The molecule has 7 nitrogen and oxygen atoms in total. The molecular weight excluding hydrogens is 448 g/mol. The Kier molecular flexibility index (Phi) is 6.64. The van der Waals surface area contributed by atoms with Gasteiger partial charge in [0.2, 0.25) is 10.0 Å². The summed E-state index contributed by atoms with van der Waals surface area (Å²) in [5.41, 5.74) is 2.09. The number of carbonyl (C=O) groups is 1. The number of carbonyl (C=O) groups excluding carboxylic acids is 1. The molecule has 1 aliphatic heterocycles. The molecule has 4 rings (SSSR count). The summed E-state index contributed by atoms with van der Waals surface area (Å²) >= 11 is 6.23. The van der Waals surface area contributed by atoms with Crippen LogP contribution in [0.3, 0.4) is 0 Å². The van der Waals surface area contributed by atoms with Crippen LogP contribution in [0.5, 0.6) is 0 Å². The Labute approximate surface area is 193 Å². The van der Waals surface area contributed by atoms with Crippen molar-refractivity contribution in [3.63, 3.8) is 0 Å². The van der Waals surface area contributed by atoms with Gasteiger partial charge >= 0.3 is 0 Å². The van der Waals surface area contributed by atoms with Crippen LogP contribution in [0.25, 0.3) is 5.69 Å². The maximum absolute atomic E-state index is 13.1. The third-order valence-corrected chi connectivity index (χ3v) is 7.94. The molecule has 1 aliphatic rings. The highest BCUT2D eigenvalue weighted by atomic mass is 35.5. The molecule has 1 fully saturated rings. The summed E-state index contributed by atoms with van der Waals surface area (Å²) in [7, 11) is -3.76. The molecule has 0 bridgehead atoms. The van der Waals surface area contributed by atoms with Crippen LogP contribution >= 0.6 is 11.6 Å². The fourth-order valence-corrected chi connectivity index (χ4v) is 5.92.